The number of ether oxygens (including phenoxy) is 3. The molecule has 0 aliphatic rings. The van der Waals surface area contributed by atoms with Gasteiger partial charge in [0.1, 0.15) is 0 Å². The molecule has 6 nitrogen and oxygen atoms in total. The largest absolute Gasteiger partial charge is 0.493 e. The van der Waals surface area contributed by atoms with Crippen molar-refractivity contribution >= 4 is 16.9 Å². The number of aryl methyl sites for hydroxylation is 1. The first-order valence-corrected chi connectivity index (χ1v) is 8.68. The number of H-pyrrole nitrogens is 1. The van der Waals surface area contributed by atoms with Crippen LogP contribution in [0.4, 0.5) is 0 Å². The van der Waals surface area contributed by atoms with Gasteiger partial charge in [-0.2, -0.15) is 0 Å². The molecule has 1 heterocycles. The molecule has 2 N–H and O–H groups in total. The van der Waals surface area contributed by atoms with Gasteiger partial charge in [0.05, 0.1) is 33.4 Å². The highest BCUT2D eigenvalue weighted by Gasteiger charge is 2.21. The number of fused-ring (bicyclic) bond motifs is 1. The lowest BCUT2D eigenvalue weighted by molar-refractivity contribution is -0.136. The molecule has 0 saturated carbocycles. The highest BCUT2D eigenvalue weighted by Crippen LogP contribution is 2.43. The van der Waals surface area contributed by atoms with Gasteiger partial charge < -0.3 is 24.3 Å². The number of nitrogens with one attached hydrogen (secondary N) is 1. The molecule has 0 unspecified atom stereocenters. The fourth-order valence-corrected chi connectivity index (χ4v) is 3.44. The third-order valence-electron chi connectivity index (χ3n) is 4.69. The van der Waals surface area contributed by atoms with Gasteiger partial charge in [-0.1, -0.05) is 25.1 Å². The SMILES string of the molecule is CCc1cccc2c(CC(=O)O)c(-c3cc(OC)c(OC)c(OC)c3)[nH]c12. The third kappa shape index (κ3) is 3.30. The van der Waals surface area contributed by atoms with Crippen LogP contribution in [0.3, 0.4) is 0 Å². The number of carbonyl (C=O) groups is 1. The van der Waals surface area contributed by atoms with E-state index in [0.29, 0.717) is 17.2 Å². The van der Waals surface area contributed by atoms with Crippen LogP contribution in [0.5, 0.6) is 17.2 Å². The number of aromatic amines is 1. The molecular weight excluding hydrogens is 346 g/mol. The first-order chi connectivity index (χ1) is 13.0. The summed E-state index contributed by atoms with van der Waals surface area (Å²) in [6.07, 6.45) is 0.762. The Bertz CT molecular complexity index is 965. The van der Waals surface area contributed by atoms with Gasteiger partial charge in [0.25, 0.3) is 0 Å². The van der Waals surface area contributed by atoms with Crippen LogP contribution >= 0.6 is 0 Å². The van der Waals surface area contributed by atoms with E-state index in [2.05, 4.69) is 11.9 Å². The number of hydrogen-bond donors (Lipinski definition) is 2. The average Bonchev–Trinajstić information content (AvgIpc) is 3.04. The van der Waals surface area contributed by atoms with Crippen molar-refractivity contribution in [2.45, 2.75) is 19.8 Å². The number of carboxylic acid groups (broad SMARTS) is 1. The van der Waals surface area contributed by atoms with Gasteiger partial charge in [-0.25, -0.2) is 0 Å². The second kappa shape index (κ2) is 7.61. The Hall–Kier alpha value is -3.15. The van der Waals surface area contributed by atoms with Crippen molar-refractivity contribution in [1.29, 1.82) is 0 Å². The standard InChI is InChI=1S/C21H23NO5/c1-5-12-7-6-8-14-15(11-18(23)24)20(22-19(12)14)13-9-16(25-2)21(27-4)17(10-13)26-3/h6-10,22H,5,11H2,1-4H3,(H,23,24). The van der Waals surface area contributed by atoms with Crippen LogP contribution in [0.2, 0.25) is 0 Å². The van der Waals surface area contributed by atoms with E-state index < -0.39 is 5.97 Å². The lowest BCUT2D eigenvalue weighted by atomic mass is 10.0. The molecule has 2 aromatic carbocycles. The van der Waals surface area contributed by atoms with E-state index in [4.69, 9.17) is 14.2 Å². The normalized spacial score (nSPS) is 10.8. The first kappa shape index (κ1) is 18.6. The molecule has 0 atom stereocenters. The average molecular weight is 369 g/mol. The van der Waals surface area contributed by atoms with E-state index in [1.807, 2.05) is 30.3 Å². The molecule has 0 saturated heterocycles. The maximum atomic E-state index is 11.5. The molecule has 3 aromatic rings. The Kier molecular flexibility index (Phi) is 5.26. The van der Waals surface area contributed by atoms with Crippen molar-refractivity contribution in [3.05, 3.63) is 41.5 Å². The maximum absolute atomic E-state index is 11.5. The quantitative estimate of drug-likeness (QED) is 0.657. The van der Waals surface area contributed by atoms with Crippen LogP contribution in [0.1, 0.15) is 18.1 Å². The zero-order valence-corrected chi connectivity index (χ0v) is 15.9. The summed E-state index contributed by atoms with van der Waals surface area (Å²) in [6.45, 7) is 2.07. The topological polar surface area (TPSA) is 80.8 Å². The van der Waals surface area contributed by atoms with Gasteiger partial charge in [0.15, 0.2) is 11.5 Å². The summed E-state index contributed by atoms with van der Waals surface area (Å²) < 4.78 is 16.3. The lowest BCUT2D eigenvalue weighted by Gasteiger charge is -2.14. The van der Waals surface area contributed by atoms with Gasteiger partial charge in [0, 0.05) is 16.5 Å². The number of aromatic nitrogens is 1. The lowest BCUT2D eigenvalue weighted by Crippen LogP contribution is -2.01. The number of para-hydroxylation sites is 1. The summed E-state index contributed by atoms with van der Waals surface area (Å²) in [4.78, 5) is 14.9. The summed E-state index contributed by atoms with van der Waals surface area (Å²) in [5.41, 5.74) is 4.35. The van der Waals surface area contributed by atoms with Crippen molar-refractivity contribution in [2.75, 3.05) is 21.3 Å². The molecule has 3 rings (SSSR count). The van der Waals surface area contributed by atoms with E-state index in [9.17, 15) is 9.90 Å². The maximum Gasteiger partial charge on any atom is 0.307 e. The third-order valence-corrected chi connectivity index (χ3v) is 4.69. The van der Waals surface area contributed by atoms with Crippen LogP contribution in [0.15, 0.2) is 30.3 Å². The molecule has 6 heteroatoms. The molecule has 142 valence electrons. The van der Waals surface area contributed by atoms with Gasteiger partial charge in [-0.15, -0.1) is 0 Å². The minimum atomic E-state index is -0.883. The zero-order chi connectivity index (χ0) is 19.6. The summed E-state index contributed by atoms with van der Waals surface area (Å²) in [5.74, 6) is 0.644. The Balaban J connectivity index is 2.32. The van der Waals surface area contributed by atoms with Crippen LogP contribution < -0.4 is 14.2 Å². The van der Waals surface area contributed by atoms with Crippen molar-refractivity contribution in [3.8, 4) is 28.5 Å². The monoisotopic (exact) mass is 369 g/mol. The van der Waals surface area contributed by atoms with Crippen molar-refractivity contribution in [2.24, 2.45) is 0 Å². The second-order valence-corrected chi connectivity index (χ2v) is 6.16. The van der Waals surface area contributed by atoms with Crippen LogP contribution in [0.25, 0.3) is 22.2 Å². The Morgan fingerprint density at radius 2 is 1.74 bits per heavy atom. The predicted octanol–water partition coefficient (Wildman–Crippen LogP) is 4.05. The smallest absolute Gasteiger partial charge is 0.307 e. The van der Waals surface area contributed by atoms with Gasteiger partial charge in [0.2, 0.25) is 5.75 Å². The molecule has 0 radical (unpaired) electrons. The van der Waals surface area contributed by atoms with Gasteiger partial charge >= 0.3 is 5.97 Å². The summed E-state index contributed by atoms with van der Waals surface area (Å²) in [6, 6.07) is 9.60. The molecule has 0 spiro atoms. The van der Waals surface area contributed by atoms with E-state index in [1.165, 1.54) is 0 Å². The Morgan fingerprint density at radius 1 is 1.07 bits per heavy atom. The summed E-state index contributed by atoms with van der Waals surface area (Å²) in [7, 11) is 4.66. The molecule has 1 aromatic heterocycles. The van der Waals surface area contributed by atoms with Crippen molar-refractivity contribution < 1.29 is 24.1 Å². The number of rotatable bonds is 7. The molecule has 0 aliphatic carbocycles. The molecule has 0 fully saturated rings. The van der Waals surface area contributed by atoms with Crippen molar-refractivity contribution in [3.63, 3.8) is 0 Å². The van der Waals surface area contributed by atoms with Gasteiger partial charge in [-0.3, -0.25) is 4.79 Å². The highest BCUT2D eigenvalue weighted by atomic mass is 16.5. The van der Waals surface area contributed by atoms with Crippen LogP contribution in [-0.2, 0) is 17.6 Å². The number of hydrogen-bond acceptors (Lipinski definition) is 4. The van der Waals surface area contributed by atoms with Crippen LogP contribution in [0, 0.1) is 0 Å². The zero-order valence-electron chi connectivity index (χ0n) is 15.9. The molecule has 0 amide bonds. The second-order valence-electron chi connectivity index (χ2n) is 6.16. The Morgan fingerprint density at radius 3 is 2.26 bits per heavy atom. The minimum absolute atomic E-state index is 0.0842. The van der Waals surface area contributed by atoms with E-state index in [1.54, 1.807) is 21.3 Å². The number of methoxy groups -OCH3 is 3. The predicted molar refractivity (Wildman–Crippen MR) is 104 cm³/mol. The first-order valence-electron chi connectivity index (χ1n) is 8.68. The molecule has 0 aliphatic heterocycles. The van der Waals surface area contributed by atoms with E-state index in [-0.39, 0.29) is 6.42 Å². The van der Waals surface area contributed by atoms with E-state index >= 15 is 0 Å². The number of carboxylic acids is 1. The fraction of sp³-hybridized carbons (Fsp3) is 0.286. The van der Waals surface area contributed by atoms with Crippen LogP contribution in [-0.4, -0.2) is 37.4 Å². The summed E-state index contributed by atoms with van der Waals surface area (Å²) in [5, 5.41) is 10.4. The number of aliphatic carboxylic acids is 1. The number of benzene rings is 2. The van der Waals surface area contributed by atoms with Gasteiger partial charge in [-0.05, 0) is 29.7 Å². The fourth-order valence-electron chi connectivity index (χ4n) is 3.44. The molecule has 27 heavy (non-hydrogen) atoms. The Labute approximate surface area is 157 Å². The highest BCUT2D eigenvalue weighted by molar-refractivity contribution is 5.96. The van der Waals surface area contributed by atoms with E-state index in [0.717, 1.165) is 39.7 Å². The molecule has 0 bridgehead atoms. The minimum Gasteiger partial charge on any atom is -0.493 e. The summed E-state index contributed by atoms with van der Waals surface area (Å²) >= 11 is 0. The van der Waals surface area contributed by atoms with Crippen molar-refractivity contribution in [1.82, 2.24) is 4.98 Å². The molecular formula is C21H23NO5.